The second kappa shape index (κ2) is 11.3. The summed E-state index contributed by atoms with van der Waals surface area (Å²) in [5, 5.41) is 20.3. The van der Waals surface area contributed by atoms with Gasteiger partial charge >= 0.3 is 6.09 Å². The fraction of sp³-hybridized carbons (Fsp3) is 0.360. The molecule has 12 heteroatoms. The van der Waals surface area contributed by atoms with E-state index in [0.717, 1.165) is 44.6 Å². The number of nitrogens with zero attached hydrogens (tertiary/aromatic N) is 4. The van der Waals surface area contributed by atoms with Crippen molar-refractivity contribution in [2.24, 2.45) is 0 Å². The highest BCUT2D eigenvalue weighted by Crippen LogP contribution is 2.33. The third-order valence-electron chi connectivity index (χ3n) is 5.99. The summed E-state index contributed by atoms with van der Waals surface area (Å²) in [7, 11) is 0. The summed E-state index contributed by atoms with van der Waals surface area (Å²) in [6.07, 6.45) is 9.41. The van der Waals surface area contributed by atoms with Crippen LogP contribution in [0.4, 0.5) is 29.7 Å². The van der Waals surface area contributed by atoms with Gasteiger partial charge in [0.15, 0.2) is 0 Å². The molecule has 6 rings (SSSR count). The molecule has 3 aromatic heterocycles. The third kappa shape index (κ3) is 7.45. The summed E-state index contributed by atoms with van der Waals surface area (Å²) in [6.45, 7) is 1.90. The van der Waals surface area contributed by atoms with Crippen molar-refractivity contribution in [3.05, 3.63) is 60.6 Å². The predicted molar refractivity (Wildman–Crippen MR) is 132 cm³/mol. The number of hydrogen-bond acceptors (Lipinski definition) is 5. The number of aromatic nitrogens is 5. The largest absolute Gasteiger partial charge is 0.465 e. The Morgan fingerprint density at radius 3 is 2.35 bits per heavy atom. The molecule has 0 bridgehead atoms. The Labute approximate surface area is 211 Å². The predicted octanol–water partition coefficient (Wildman–Crippen LogP) is 5.85. The zero-order valence-corrected chi connectivity index (χ0v) is 20.2. The molecule has 0 spiro atoms. The number of rotatable bonds is 4. The molecule has 2 aliphatic carbocycles. The van der Waals surface area contributed by atoms with Gasteiger partial charge < -0.3 is 15.7 Å². The van der Waals surface area contributed by atoms with E-state index in [2.05, 4.69) is 30.8 Å². The Morgan fingerprint density at radius 2 is 1.84 bits per heavy atom. The van der Waals surface area contributed by atoms with Gasteiger partial charge in [0, 0.05) is 41.7 Å². The van der Waals surface area contributed by atoms with Gasteiger partial charge in [-0.15, -0.1) is 0 Å². The van der Waals surface area contributed by atoms with Gasteiger partial charge in [-0.3, -0.25) is 9.50 Å². The van der Waals surface area contributed by atoms with Crippen LogP contribution in [-0.2, 0) is 0 Å². The summed E-state index contributed by atoms with van der Waals surface area (Å²) in [4.78, 5) is 18.6. The summed E-state index contributed by atoms with van der Waals surface area (Å²) < 4.78 is 40.6. The molecule has 37 heavy (non-hydrogen) atoms. The molecule has 0 saturated heterocycles. The molecule has 9 nitrogen and oxygen atoms in total. The van der Waals surface area contributed by atoms with Gasteiger partial charge in [-0.25, -0.2) is 27.9 Å². The Hall–Kier alpha value is -4.09. The maximum Gasteiger partial charge on any atom is 0.405 e. The number of nitrogens with one attached hydrogen (secondary N) is 3. The lowest BCUT2D eigenvalue weighted by Gasteiger charge is -2.09. The van der Waals surface area contributed by atoms with E-state index in [1.165, 1.54) is 12.1 Å². The number of benzene rings is 1. The lowest BCUT2D eigenvalue weighted by molar-refractivity contribution is 0.189. The minimum atomic E-state index is -0.912. The van der Waals surface area contributed by atoms with E-state index in [1.54, 1.807) is 35.1 Å². The number of halogens is 3. The number of H-pyrrole nitrogens is 1. The minimum absolute atomic E-state index is 0.0775. The summed E-state index contributed by atoms with van der Waals surface area (Å²) in [5.41, 5.74) is 1.26. The first kappa shape index (κ1) is 26.0. The van der Waals surface area contributed by atoms with Crippen molar-refractivity contribution < 1.29 is 23.1 Å². The monoisotopic (exact) mass is 515 g/mol. The van der Waals surface area contributed by atoms with E-state index in [1.807, 2.05) is 6.92 Å². The fourth-order valence-electron chi connectivity index (χ4n) is 3.75. The maximum atomic E-state index is 13.5. The molecule has 0 radical (unpaired) electrons. The van der Waals surface area contributed by atoms with Gasteiger partial charge in [-0.05, 0) is 44.7 Å². The van der Waals surface area contributed by atoms with Crippen LogP contribution in [0.2, 0.25) is 0 Å². The second-order valence-electron chi connectivity index (χ2n) is 9.25. The van der Waals surface area contributed by atoms with Crippen LogP contribution < -0.4 is 10.6 Å². The van der Waals surface area contributed by atoms with E-state index in [0.29, 0.717) is 28.7 Å². The van der Waals surface area contributed by atoms with Gasteiger partial charge in [0.05, 0.1) is 11.9 Å². The Morgan fingerprint density at radius 1 is 1.14 bits per heavy atom. The highest BCUT2D eigenvalue weighted by molar-refractivity contribution is 5.67. The van der Waals surface area contributed by atoms with Crippen LogP contribution in [0.15, 0.2) is 48.9 Å². The SMILES string of the molecule is CC1(NC(=O)O)CC1.FC1CCCC1.Fc1cc(F)cc(-c2cc3nccn3c(Nc3ccn[nH]3)n2)c1. The van der Waals surface area contributed by atoms with E-state index < -0.39 is 23.9 Å². The van der Waals surface area contributed by atoms with Crippen LogP contribution in [-0.4, -0.2) is 47.5 Å². The zero-order valence-electron chi connectivity index (χ0n) is 20.2. The summed E-state index contributed by atoms with van der Waals surface area (Å²) in [6, 6.07) is 6.67. The minimum Gasteiger partial charge on any atom is -0.465 e. The highest BCUT2D eigenvalue weighted by Gasteiger charge is 2.38. The lowest BCUT2D eigenvalue weighted by atomic mass is 10.1. The molecule has 196 valence electrons. The van der Waals surface area contributed by atoms with E-state index in [9.17, 15) is 18.0 Å². The molecule has 3 heterocycles. The van der Waals surface area contributed by atoms with Crippen molar-refractivity contribution >= 4 is 23.5 Å². The number of amides is 1. The average Bonchev–Trinajstić information content (AvgIpc) is 3.32. The lowest BCUT2D eigenvalue weighted by Crippen LogP contribution is -2.32. The number of aromatic amines is 1. The Kier molecular flexibility index (Phi) is 7.95. The molecule has 4 N–H and O–H groups in total. The smallest absolute Gasteiger partial charge is 0.405 e. The molecular formula is C25H28F3N7O2. The number of anilines is 2. The maximum absolute atomic E-state index is 13.5. The van der Waals surface area contributed by atoms with Crippen LogP contribution in [0.3, 0.4) is 0 Å². The normalized spacial score (nSPS) is 15.8. The molecule has 2 saturated carbocycles. The van der Waals surface area contributed by atoms with Crippen molar-refractivity contribution in [2.75, 3.05) is 5.32 Å². The fourth-order valence-corrected chi connectivity index (χ4v) is 3.75. The first-order valence-electron chi connectivity index (χ1n) is 11.9. The molecule has 4 aromatic rings. The standard InChI is InChI=1S/C15H10F2N6.C5H9F.C5H9NO2/c16-10-5-9(6-11(17)7-10)12-8-14-18-3-4-23(14)15(20-12)21-13-1-2-19-22-13;6-5-3-1-2-4-5;1-5(2-3-5)6-4(7)8/h1-8H,(H2,19,20,21,22);5H,1-4H2;6H,2-3H2,1H3,(H,7,8). The molecule has 1 amide bonds. The number of hydrogen-bond donors (Lipinski definition) is 4. The van der Waals surface area contributed by atoms with Gasteiger partial charge in [-0.2, -0.15) is 5.10 Å². The van der Waals surface area contributed by atoms with Gasteiger partial charge in [-0.1, -0.05) is 12.8 Å². The first-order chi connectivity index (χ1) is 17.7. The van der Waals surface area contributed by atoms with E-state index in [4.69, 9.17) is 5.11 Å². The van der Waals surface area contributed by atoms with Crippen LogP contribution in [0.25, 0.3) is 16.9 Å². The number of fused-ring (bicyclic) bond motifs is 1. The van der Waals surface area contributed by atoms with Crippen LogP contribution >= 0.6 is 0 Å². The molecule has 0 atom stereocenters. The number of carbonyl (C=O) groups is 1. The van der Waals surface area contributed by atoms with Crippen molar-refractivity contribution in [2.45, 2.75) is 57.2 Å². The van der Waals surface area contributed by atoms with Gasteiger partial charge in [0.1, 0.15) is 29.3 Å². The van der Waals surface area contributed by atoms with Gasteiger partial charge in [0.2, 0.25) is 5.95 Å². The molecule has 0 unspecified atom stereocenters. The van der Waals surface area contributed by atoms with Crippen molar-refractivity contribution in [3.8, 4) is 11.3 Å². The molecular weight excluding hydrogens is 487 g/mol. The summed E-state index contributed by atoms with van der Waals surface area (Å²) in [5.74, 6) is -0.236. The van der Waals surface area contributed by atoms with Crippen molar-refractivity contribution in [3.63, 3.8) is 0 Å². The van der Waals surface area contributed by atoms with Crippen LogP contribution in [0.5, 0.6) is 0 Å². The Balaban J connectivity index is 0.000000186. The average molecular weight is 516 g/mol. The topological polar surface area (TPSA) is 120 Å². The molecule has 2 fully saturated rings. The third-order valence-corrected chi connectivity index (χ3v) is 5.99. The Bertz CT molecular complexity index is 1310. The summed E-state index contributed by atoms with van der Waals surface area (Å²) >= 11 is 0. The number of carboxylic acid groups (broad SMARTS) is 1. The molecule has 2 aliphatic rings. The molecule has 1 aromatic carbocycles. The number of imidazole rings is 1. The van der Waals surface area contributed by atoms with E-state index in [-0.39, 0.29) is 5.54 Å². The first-order valence-corrected chi connectivity index (χ1v) is 11.9. The quantitative estimate of drug-likeness (QED) is 0.271. The van der Waals surface area contributed by atoms with E-state index >= 15 is 0 Å². The van der Waals surface area contributed by atoms with Crippen molar-refractivity contribution in [1.29, 1.82) is 0 Å². The van der Waals surface area contributed by atoms with Crippen LogP contribution in [0, 0.1) is 11.6 Å². The zero-order chi connectivity index (χ0) is 26.4. The second-order valence-corrected chi connectivity index (χ2v) is 9.25. The highest BCUT2D eigenvalue weighted by atomic mass is 19.1. The van der Waals surface area contributed by atoms with Crippen LogP contribution in [0.1, 0.15) is 45.4 Å². The molecule has 0 aliphatic heterocycles. The number of alkyl halides is 1. The van der Waals surface area contributed by atoms with Crippen molar-refractivity contribution in [1.82, 2.24) is 29.9 Å². The van der Waals surface area contributed by atoms with Gasteiger partial charge in [0.25, 0.3) is 0 Å².